The van der Waals surface area contributed by atoms with Gasteiger partial charge in [-0.05, 0) is 63.7 Å². The molecule has 28 heavy (non-hydrogen) atoms. The number of amides is 1. The molecule has 0 radical (unpaired) electrons. The molecule has 1 aliphatic heterocycles. The standard InChI is InChI=1S/C21H21N5O2/c1-13-16-7-5-14(10-19(16)28-24-13)21(27)22-15-6-8-20-23-17(12-26(20)11-15)18-4-3-9-25(18)2/h5-8,10-12,18H,3-4,9H2,1-2H3,(H,22,27). The van der Waals surface area contributed by atoms with E-state index in [9.17, 15) is 4.79 Å². The van der Waals surface area contributed by atoms with E-state index in [1.807, 2.05) is 35.7 Å². The van der Waals surface area contributed by atoms with Crippen LogP contribution in [0.2, 0.25) is 0 Å². The van der Waals surface area contributed by atoms with Crippen molar-refractivity contribution in [3.8, 4) is 0 Å². The highest BCUT2D eigenvalue weighted by molar-refractivity contribution is 6.06. The van der Waals surface area contributed by atoms with Crippen LogP contribution in [0.25, 0.3) is 16.6 Å². The van der Waals surface area contributed by atoms with Crippen LogP contribution in [-0.4, -0.2) is 38.9 Å². The first-order chi connectivity index (χ1) is 13.6. The number of aryl methyl sites for hydroxylation is 1. The Morgan fingerprint density at radius 3 is 2.96 bits per heavy atom. The van der Waals surface area contributed by atoms with Gasteiger partial charge in [-0.2, -0.15) is 0 Å². The number of aromatic nitrogens is 3. The Morgan fingerprint density at radius 1 is 1.25 bits per heavy atom. The molecule has 0 aliphatic carbocycles. The summed E-state index contributed by atoms with van der Waals surface area (Å²) in [6, 6.07) is 9.53. The fourth-order valence-electron chi connectivity index (χ4n) is 3.94. The van der Waals surface area contributed by atoms with Crippen LogP contribution < -0.4 is 5.32 Å². The molecule has 1 atom stereocenters. The summed E-state index contributed by atoms with van der Waals surface area (Å²) in [5.41, 5.74) is 4.64. The summed E-state index contributed by atoms with van der Waals surface area (Å²) < 4.78 is 7.23. The SMILES string of the molecule is Cc1noc2cc(C(=O)Nc3ccc4nc(C5CCCN5C)cn4c3)ccc12. The number of nitrogens with one attached hydrogen (secondary N) is 1. The number of pyridine rings is 1. The molecule has 7 nitrogen and oxygen atoms in total. The highest BCUT2D eigenvalue weighted by Crippen LogP contribution is 2.30. The molecule has 0 saturated carbocycles. The number of carbonyl (C=O) groups is 1. The maximum absolute atomic E-state index is 12.7. The van der Waals surface area contributed by atoms with Crippen LogP contribution in [0.1, 0.15) is 40.6 Å². The van der Waals surface area contributed by atoms with Crippen LogP contribution in [0, 0.1) is 6.92 Å². The predicted molar refractivity (Wildman–Crippen MR) is 106 cm³/mol. The zero-order valence-corrected chi connectivity index (χ0v) is 15.8. The van der Waals surface area contributed by atoms with Gasteiger partial charge in [0.2, 0.25) is 0 Å². The highest BCUT2D eigenvalue weighted by atomic mass is 16.5. The fourth-order valence-corrected chi connectivity index (χ4v) is 3.94. The molecule has 142 valence electrons. The molecule has 1 N–H and O–H groups in total. The zero-order valence-electron chi connectivity index (χ0n) is 15.8. The maximum Gasteiger partial charge on any atom is 0.255 e. The summed E-state index contributed by atoms with van der Waals surface area (Å²) >= 11 is 0. The topological polar surface area (TPSA) is 75.7 Å². The Kier molecular flexibility index (Phi) is 3.91. The van der Waals surface area contributed by atoms with Crippen molar-refractivity contribution in [2.45, 2.75) is 25.8 Å². The molecule has 1 unspecified atom stereocenters. The van der Waals surface area contributed by atoms with Crippen LogP contribution in [0.4, 0.5) is 5.69 Å². The lowest BCUT2D eigenvalue weighted by molar-refractivity contribution is 0.102. The van der Waals surface area contributed by atoms with Crippen molar-refractivity contribution >= 4 is 28.2 Å². The smallest absolute Gasteiger partial charge is 0.255 e. The highest BCUT2D eigenvalue weighted by Gasteiger charge is 2.24. The van der Waals surface area contributed by atoms with Crippen molar-refractivity contribution in [2.24, 2.45) is 0 Å². The summed E-state index contributed by atoms with van der Waals surface area (Å²) in [4.78, 5) is 19.7. The molecule has 0 spiro atoms. The van der Waals surface area contributed by atoms with Crippen molar-refractivity contribution in [2.75, 3.05) is 18.9 Å². The van der Waals surface area contributed by atoms with Gasteiger partial charge in [-0.1, -0.05) is 5.16 Å². The van der Waals surface area contributed by atoms with Crippen molar-refractivity contribution in [1.82, 2.24) is 19.4 Å². The number of rotatable bonds is 3. The number of likely N-dealkylation sites (tertiary alicyclic amines) is 1. The molecular formula is C21H21N5O2. The lowest BCUT2D eigenvalue weighted by atomic mass is 10.1. The lowest BCUT2D eigenvalue weighted by Gasteiger charge is -2.16. The van der Waals surface area contributed by atoms with E-state index >= 15 is 0 Å². The Hall–Kier alpha value is -3.19. The first kappa shape index (κ1) is 16.9. The number of fused-ring (bicyclic) bond motifs is 2. The molecule has 1 fully saturated rings. The average Bonchev–Trinajstić information content (AvgIpc) is 3.39. The predicted octanol–water partition coefficient (Wildman–Crippen LogP) is 3.80. The quantitative estimate of drug-likeness (QED) is 0.589. The minimum Gasteiger partial charge on any atom is -0.356 e. The van der Waals surface area contributed by atoms with Gasteiger partial charge >= 0.3 is 0 Å². The van der Waals surface area contributed by atoms with Crippen molar-refractivity contribution < 1.29 is 9.32 Å². The first-order valence-electron chi connectivity index (χ1n) is 9.45. The second-order valence-corrected chi connectivity index (χ2v) is 7.42. The van der Waals surface area contributed by atoms with Gasteiger partial charge in [0.1, 0.15) is 5.65 Å². The molecule has 5 rings (SSSR count). The van der Waals surface area contributed by atoms with E-state index in [0.29, 0.717) is 17.2 Å². The van der Waals surface area contributed by atoms with Gasteiger partial charge in [0, 0.05) is 23.3 Å². The van der Waals surface area contributed by atoms with Crippen LogP contribution in [0.15, 0.2) is 47.2 Å². The van der Waals surface area contributed by atoms with E-state index in [2.05, 4.69) is 28.6 Å². The van der Waals surface area contributed by atoms with Crippen molar-refractivity contribution in [3.63, 3.8) is 0 Å². The molecule has 1 aliphatic rings. The second-order valence-electron chi connectivity index (χ2n) is 7.42. The largest absolute Gasteiger partial charge is 0.356 e. The number of anilines is 1. The van der Waals surface area contributed by atoms with E-state index < -0.39 is 0 Å². The van der Waals surface area contributed by atoms with Crippen LogP contribution in [0.5, 0.6) is 0 Å². The third-order valence-electron chi connectivity index (χ3n) is 5.50. The summed E-state index contributed by atoms with van der Waals surface area (Å²) in [7, 11) is 2.14. The third-order valence-corrected chi connectivity index (χ3v) is 5.50. The number of carbonyl (C=O) groups excluding carboxylic acids is 1. The Balaban J connectivity index is 1.39. The van der Waals surface area contributed by atoms with Crippen molar-refractivity contribution in [1.29, 1.82) is 0 Å². The van der Waals surface area contributed by atoms with E-state index in [-0.39, 0.29) is 5.91 Å². The van der Waals surface area contributed by atoms with Gasteiger partial charge in [-0.15, -0.1) is 0 Å². The molecule has 4 heterocycles. The van der Waals surface area contributed by atoms with Gasteiger partial charge in [0.15, 0.2) is 5.58 Å². The van der Waals surface area contributed by atoms with Gasteiger partial charge in [-0.25, -0.2) is 4.98 Å². The minimum absolute atomic E-state index is 0.189. The van der Waals surface area contributed by atoms with E-state index in [4.69, 9.17) is 9.51 Å². The number of nitrogens with zero attached hydrogens (tertiary/aromatic N) is 4. The number of imidazole rings is 1. The Labute approximate surface area is 161 Å². The normalized spacial score (nSPS) is 17.6. The molecule has 3 aromatic heterocycles. The molecule has 0 bridgehead atoms. The van der Waals surface area contributed by atoms with Crippen LogP contribution in [0.3, 0.4) is 0 Å². The van der Waals surface area contributed by atoms with Gasteiger partial charge in [-0.3, -0.25) is 9.69 Å². The third kappa shape index (κ3) is 2.84. The molecule has 7 heteroatoms. The lowest BCUT2D eigenvalue weighted by Crippen LogP contribution is -2.17. The Bertz CT molecular complexity index is 1190. The molecule has 4 aromatic rings. The van der Waals surface area contributed by atoms with E-state index in [0.717, 1.165) is 41.1 Å². The van der Waals surface area contributed by atoms with Crippen molar-refractivity contribution in [3.05, 3.63) is 59.7 Å². The van der Waals surface area contributed by atoms with E-state index in [1.54, 1.807) is 12.1 Å². The average molecular weight is 375 g/mol. The monoisotopic (exact) mass is 375 g/mol. The fraction of sp³-hybridized carbons (Fsp3) is 0.286. The number of benzene rings is 1. The summed E-state index contributed by atoms with van der Waals surface area (Å²) in [6.07, 6.45) is 6.29. The van der Waals surface area contributed by atoms with Crippen LogP contribution >= 0.6 is 0 Å². The Morgan fingerprint density at radius 2 is 2.14 bits per heavy atom. The minimum atomic E-state index is -0.189. The van der Waals surface area contributed by atoms with Gasteiger partial charge in [0.05, 0.1) is 23.1 Å². The number of hydrogen-bond acceptors (Lipinski definition) is 5. The van der Waals surface area contributed by atoms with Gasteiger partial charge < -0.3 is 14.2 Å². The summed E-state index contributed by atoms with van der Waals surface area (Å²) in [5.74, 6) is -0.189. The van der Waals surface area contributed by atoms with Crippen LogP contribution in [-0.2, 0) is 0 Å². The molecule has 1 aromatic carbocycles. The summed E-state index contributed by atoms with van der Waals surface area (Å²) in [6.45, 7) is 2.98. The van der Waals surface area contributed by atoms with E-state index in [1.165, 1.54) is 6.42 Å². The molecule has 1 saturated heterocycles. The summed E-state index contributed by atoms with van der Waals surface area (Å²) in [5, 5.41) is 7.80. The molecular weight excluding hydrogens is 354 g/mol. The van der Waals surface area contributed by atoms with Gasteiger partial charge in [0.25, 0.3) is 5.91 Å². The maximum atomic E-state index is 12.7. The molecule has 1 amide bonds. The first-order valence-corrected chi connectivity index (χ1v) is 9.45. The number of hydrogen-bond donors (Lipinski definition) is 1. The zero-order chi connectivity index (χ0) is 19.3. The second kappa shape index (κ2) is 6.45.